The molecule has 1 aromatic heterocycles. The summed E-state index contributed by atoms with van der Waals surface area (Å²) < 4.78 is 0. The van der Waals surface area contributed by atoms with Crippen LogP contribution in [0, 0.1) is 11.8 Å². The number of carbonyl (C=O) groups is 1. The third-order valence-electron chi connectivity index (χ3n) is 3.81. The van der Waals surface area contributed by atoms with Gasteiger partial charge in [-0.15, -0.1) is 0 Å². The Morgan fingerprint density at radius 1 is 1.58 bits per heavy atom. The van der Waals surface area contributed by atoms with Crippen LogP contribution in [0.25, 0.3) is 0 Å². The monoisotopic (exact) mass is 263 g/mol. The highest BCUT2D eigenvalue weighted by Gasteiger charge is 2.36. The van der Waals surface area contributed by atoms with Crippen molar-refractivity contribution in [1.29, 1.82) is 0 Å². The maximum atomic E-state index is 11.3. The maximum absolute atomic E-state index is 11.3. The fourth-order valence-corrected chi connectivity index (χ4v) is 2.86. The molecule has 2 heterocycles. The van der Waals surface area contributed by atoms with Crippen LogP contribution >= 0.6 is 0 Å². The van der Waals surface area contributed by atoms with Crippen molar-refractivity contribution in [1.82, 2.24) is 9.88 Å². The number of aliphatic carboxylic acids is 1. The lowest BCUT2D eigenvalue weighted by molar-refractivity contribution is -0.142. The summed E-state index contributed by atoms with van der Waals surface area (Å²) in [6, 6.07) is 3.81. The number of aromatic nitrogens is 1. The smallest absolute Gasteiger partial charge is 0.308 e. The number of hydrogen-bond donors (Lipinski definition) is 2. The number of carboxylic acids is 1. The summed E-state index contributed by atoms with van der Waals surface area (Å²) >= 11 is 0. The van der Waals surface area contributed by atoms with Crippen LogP contribution in [0.3, 0.4) is 0 Å². The Morgan fingerprint density at radius 2 is 2.37 bits per heavy atom. The van der Waals surface area contributed by atoms with Crippen molar-refractivity contribution >= 4 is 11.8 Å². The van der Waals surface area contributed by atoms with E-state index in [1.165, 1.54) is 0 Å². The maximum Gasteiger partial charge on any atom is 0.308 e. The number of hydrogen-bond acceptors (Lipinski definition) is 4. The van der Waals surface area contributed by atoms with Crippen molar-refractivity contribution < 1.29 is 9.90 Å². The van der Waals surface area contributed by atoms with E-state index in [1.54, 1.807) is 6.20 Å². The number of nitrogen functional groups attached to an aromatic ring is 1. The Morgan fingerprint density at radius 3 is 3.00 bits per heavy atom. The number of carboxylic acid groups (broad SMARTS) is 1. The first-order valence-electron chi connectivity index (χ1n) is 6.76. The molecule has 0 aromatic carbocycles. The molecule has 5 nitrogen and oxygen atoms in total. The van der Waals surface area contributed by atoms with Crippen molar-refractivity contribution in [3.8, 4) is 0 Å². The van der Waals surface area contributed by atoms with Gasteiger partial charge in [-0.25, -0.2) is 4.98 Å². The number of nitrogens with zero attached hydrogens (tertiary/aromatic N) is 2. The molecule has 1 aromatic rings. The molecular formula is C14H21N3O2. The molecule has 0 saturated carbocycles. The van der Waals surface area contributed by atoms with E-state index in [9.17, 15) is 9.90 Å². The van der Waals surface area contributed by atoms with Crippen LogP contribution in [-0.4, -0.2) is 34.0 Å². The van der Waals surface area contributed by atoms with Crippen molar-refractivity contribution in [2.45, 2.75) is 26.3 Å². The predicted octanol–water partition coefficient (Wildman–Crippen LogP) is 1.60. The summed E-state index contributed by atoms with van der Waals surface area (Å²) in [6.45, 7) is 4.22. The first-order valence-corrected chi connectivity index (χ1v) is 6.76. The molecule has 19 heavy (non-hydrogen) atoms. The molecule has 2 rings (SSSR count). The van der Waals surface area contributed by atoms with Crippen LogP contribution in [0.4, 0.5) is 5.82 Å². The molecule has 0 aliphatic carbocycles. The van der Waals surface area contributed by atoms with Crippen LogP contribution in [0.5, 0.6) is 0 Å². The van der Waals surface area contributed by atoms with Crippen LogP contribution < -0.4 is 5.73 Å². The van der Waals surface area contributed by atoms with Gasteiger partial charge in [-0.3, -0.25) is 9.69 Å². The van der Waals surface area contributed by atoms with Gasteiger partial charge >= 0.3 is 5.97 Å². The molecule has 104 valence electrons. The van der Waals surface area contributed by atoms with Gasteiger partial charge in [-0.2, -0.15) is 0 Å². The highest BCUT2D eigenvalue weighted by Crippen LogP contribution is 2.29. The average Bonchev–Trinajstić information content (AvgIpc) is 2.76. The summed E-state index contributed by atoms with van der Waals surface area (Å²) in [6.07, 6.45) is 3.66. The van der Waals surface area contributed by atoms with E-state index in [0.717, 1.165) is 24.9 Å². The minimum atomic E-state index is -0.680. The van der Waals surface area contributed by atoms with Gasteiger partial charge < -0.3 is 10.8 Å². The van der Waals surface area contributed by atoms with Gasteiger partial charge in [0.2, 0.25) is 0 Å². The average molecular weight is 263 g/mol. The van der Waals surface area contributed by atoms with E-state index in [1.807, 2.05) is 12.1 Å². The first-order chi connectivity index (χ1) is 9.11. The Bertz CT molecular complexity index is 450. The molecule has 2 atom stereocenters. The fourth-order valence-electron chi connectivity index (χ4n) is 2.86. The number of anilines is 1. The zero-order chi connectivity index (χ0) is 13.8. The van der Waals surface area contributed by atoms with E-state index in [0.29, 0.717) is 18.9 Å². The van der Waals surface area contributed by atoms with Crippen LogP contribution in [0.1, 0.15) is 25.3 Å². The summed E-state index contributed by atoms with van der Waals surface area (Å²) in [7, 11) is 0. The van der Waals surface area contributed by atoms with E-state index >= 15 is 0 Å². The molecule has 1 aliphatic rings. The highest BCUT2D eigenvalue weighted by molar-refractivity contribution is 5.71. The number of likely N-dealkylation sites (tertiary alicyclic amines) is 1. The topological polar surface area (TPSA) is 79.5 Å². The lowest BCUT2D eigenvalue weighted by atomic mass is 9.92. The Kier molecular flexibility index (Phi) is 4.37. The van der Waals surface area contributed by atoms with E-state index < -0.39 is 5.97 Å². The normalized spacial score (nSPS) is 23.6. The van der Waals surface area contributed by atoms with E-state index in [2.05, 4.69) is 16.8 Å². The van der Waals surface area contributed by atoms with Gasteiger partial charge in [0.15, 0.2) is 0 Å². The fraction of sp³-hybridized carbons (Fsp3) is 0.571. The molecule has 0 unspecified atom stereocenters. The van der Waals surface area contributed by atoms with Gasteiger partial charge in [-0.05, 0) is 18.4 Å². The third-order valence-corrected chi connectivity index (χ3v) is 3.81. The van der Waals surface area contributed by atoms with E-state index in [4.69, 9.17) is 5.73 Å². The Hall–Kier alpha value is -1.62. The molecule has 0 spiro atoms. The predicted molar refractivity (Wildman–Crippen MR) is 73.5 cm³/mol. The summed E-state index contributed by atoms with van der Waals surface area (Å²) in [5.41, 5.74) is 6.81. The molecule has 0 amide bonds. The van der Waals surface area contributed by atoms with Crippen molar-refractivity contribution in [2.24, 2.45) is 11.8 Å². The SMILES string of the molecule is CCC[C@@H]1CN(Cc2cccnc2N)C[C@H]1C(=O)O. The van der Waals surface area contributed by atoms with Gasteiger partial charge in [0.1, 0.15) is 5.82 Å². The Balaban J connectivity index is 2.03. The molecule has 5 heteroatoms. The first kappa shape index (κ1) is 13.8. The van der Waals surface area contributed by atoms with Crippen molar-refractivity contribution in [3.05, 3.63) is 23.9 Å². The minimum Gasteiger partial charge on any atom is -0.481 e. The molecule has 3 N–H and O–H groups in total. The second-order valence-electron chi connectivity index (χ2n) is 5.24. The highest BCUT2D eigenvalue weighted by atomic mass is 16.4. The van der Waals surface area contributed by atoms with E-state index in [-0.39, 0.29) is 11.8 Å². The molecule has 1 aliphatic heterocycles. The molecule has 1 fully saturated rings. The Labute approximate surface area is 113 Å². The van der Waals surface area contributed by atoms with Gasteiger partial charge in [-0.1, -0.05) is 19.4 Å². The molecule has 0 radical (unpaired) electrons. The number of rotatable bonds is 5. The van der Waals surface area contributed by atoms with Gasteiger partial charge in [0, 0.05) is 31.4 Å². The second-order valence-corrected chi connectivity index (χ2v) is 5.24. The largest absolute Gasteiger partial charge is 0.481 e. The minimum absolute atomic E-state index is 0.250. The lowest BCUT2D eigenvalue weighted by Gasteiger charge is -2.16. The third kappa shape index (κ3) is 3.23. The number of pyridine rings is 1. The standard InChI is InChI=1S/C14H21N3O2/c1-2-4-10-7-17(9-12(10)14(18)19)8-11-5-3-6-16-13(11)15/h3,5-6,10,12H,2,4,7-9H2,1H3,(H2,15,16)(H,18,19)/t10-,12-/m1/s1. The van der Waals surface area contributed by atoms with Crippen molar-refractivity contribution in [3.63, 3.8) is 0 Å². The van der Waals surface area contributed by atoms with Gasteiger partial charge in [0.05, 0.1) is 5.92 Å². The quantitative estimate of drug-likeness (QED) is 0.843. The lowest BCUT2D eigenvalue weighted by Crippen LogP contribution is -2.23. The summed E-state index contributed by atoms with van der Waals surface area (Å²) in [5.74, 6) is -0.147. The number of nitrogens with two attached hydrogens (primary N) is 1. The van der Waals surface area contributed by atoms with Crippen LogP contribution in [0.15, 0.2) is 18.3 Å². The van der Waals surface area contributed by atoms with Crippen LogP contribution in [-0.2, 0) is 11.3 Å². The summed E-state index contributed by atoms with van der Waals surface area (Å²) in [4.78, 5) is 17.5. The van der Waals surface area contributed by atoms with Crippen molar-refractivity contribution in [2.75, 3.05) is 18.8 Å². The zero-order valence-electron chi connectivity index (χ0n) is 11.2. The molecule has 1 saturated heterocycles. The zero-order valence-corrected chi connectivity index (χ0v) is 11.2. The second kappa shape index (κ2) is 6.02. The summed E-state index contributed by atoms with van der Waals surface area (Å²) in [5, 5.41) is 9.29. The molecular weight excluding hydrogens is 242 g/mol. The van der Waals surface area contributed by atoms with Crippen LogP contribution in [0.2, 0.25) is 0 Å². The van der Waals surface area contributed by atoms with Gasteiger partial charge in [0.25, 0.3) is 0 Å². The molecule has 0 bridgehead atoms.